The van der Waals surface area contributed by atoms with Crippen molar-refractivity contribution < 1.29 is 0 Å². The van der Waals surface area contributed by atoms with E-state index in [2.05, 4.69) is 65.2 Å². The summed E-state index contributed by atoms with van der Waals surface area (Å²) in [5.41, 5.74) is 11.2. The highest BCUT2D eigenvalue weighted by molar-refractivity contribution is 5.93. The van der Waals surface area contributed by atoms with E-state index in [9.17, 15) is 0 Å². The zero-order valence-electron chi connectivity index (χ0n) is 16.5. The van der Waals surface area contributed by atoms with Crippen molar-refractivity contribution in [2.75, 3.05) is 25.0 Å². The lowest BCUT2D eigenvalue weighted by Crippen LogP contribution is -2.29. The molecular weight excluding hydrogens is 344 g/mol. The summed E-state index contributed by atoms with van der Waals surface area (Å²) in [5.74, 6) is 0.835. The number of hydrogen-bond donors (Lipinski definition) is 3. The fraction of sp³-hybridized carbons (Fsp3) is 0.375. The lowest BCUT2D eigenvalue weighted by atomic mass is 9.95. The van der Waals surface area contributed by atoms with Crippen LogP contribution in [0.4, 0.5) is 5.69 Å². The van der Waals surface area contributed by atoms with E-state index >= 15 is 0 Å². The molecule has 1 atom stereocenters. The molecule has 2 aromatic carbocycles. The largest absolute Gasteiger partial charge is 0.384 e. The number of nitrogens with one attached hydrogen (secondary N) is 2. The summed E-state index contributed by atoms with van der Waals surface area (Å²) >= 11 is 0. The minimum Gasteiger partial charge on any atom is -0.384 e. The van der Waals surface area contributed by atoms with E-state index in [-0.39, 0.29) is 0 Å². The number of piperidine rings is 1. The number of fused-ring (bicyclic) bond motifs is 1. The first kappa shape index (κ1) is 18.9. The maximum atomic E-state index is 5.73. The van der Waals surface area contributed by atoms with Crippen molar-refractivity contribution in [1.29, 1.82) is 0 Å². The summed E-state index contributed by atoms with van der Waals surface area (Å²) in [7, 11) is 0. The van der Waals surface area contributed by atoms with Crippen LogP contribution in [0.2, 0.25) is 0 Å². The van der Waals surface area contributed by atoms with Crippen LogP contribution < -0.4 is 16.4 Å². The first-order chi connectivity index (χ1) is 13.8. The molecule has 1 unspecified atom stereocenters. The number of aromatic nitrogens is 1. The van der Waals surface area contributed by atoms with Gasteiger partial charge in [-0.1, -0.05) is 42.5 Å². The van der Waals surface area contributed by atoms with E-state index in [1.807, 2.05) is 0 Å². The molecule has 1 aromatic heterocycles. The molecule has 3 aromatic rings. The molecule has 0 saturated carbocycles. The van der Waals surface area contributed by atoms with E-state index in [1.54, 1.807) is 0 Å². The average molecular weight is 375 g/mol. The second-order valence-corrected chi connectivity index (χ2v) is 7.75. The van der Waals surface area contributed by atoms with Crippen LogP contribution in [0.15, 0.2) is 54.6 Å². The highest BCUT2D eigenvalue weighted by Gasteiger charge is 2.12. The van der Waals surface area contributed by atoms with Gasteiger partial charge in [-0.05, 0) is 62.4 Å². The van der Waals surface area contributed by atoms with E-state index < -0.39 is 0 Å². The molecule has 1 aliphatic heterocycles. The molecule has 1 aliphatic rings. The Morgan fingerprint density at radius 3 is 2.75 bits per heavy atom. The number of para-hydroxylation sites is 1. The number of pyridine rings is 1. The van der Waals surface area contributed by atoms with E-state index in [0.29, 0.717) is 6.54 Å². The Hall–Kier alpha value is -2.43. The Balaban J connectivity index is 1.50. The number of nitrogens with zero attached hydrogens (tertiary/aromatic N) is 1. The third kappa shape index (κ3) is 4.51. The van der Waals surface area contributed by atoms with Gasteiger partial charge < -0.3 is 16.4 Å². The van der Waals surface area contributed by atoms with Gasteiger partial charge in [0.1, 0.15) is 0 Å². The molecule has 0 radical (unpaired) electrons. The number of rotatable bonds is 7. The van der Waals surface area contributed by atoms with Crippen molar-refractivity contribution >= 4 is 16.6 Å². The molecule has 4 nitrogen and oxygen atoms in total. The van der Waals surface area contributed by atoms with Crippen LogP contribution in [0.3, 0.4) is 0 Å². The highest BCUT2D eigenvalue weighted by Crippen LogP contribution is 2.28. The maximum absolute atomic E-state index is 5.73. The lowest BCUT2D eigenvalue weighted by Gasteiger charge is -2.22. The predicted molar refractivity (Wildman–Crippen MR) is 118 cm³/mol. The van der Waals surface area contributed by atoms with E-state index in [1.165, 1.54) is 49.8 Å². The summed E-state index contributed by atoms with van der Waals surface area (Å²) < 4.78 is 0. The normalized spacial score (nSPS) is 17.0. The van der Waals surface area contributed by atoms with Crippen LogP contribution in [0.1, 0.15) is 31.2 Å². The zero-order valence-corrected chi connectivity index (χ0v) is 16.5. The molecule has 1 saturated heterocycles. The lowest BCUT2D eigenvalue weighted by molar-refractivity contribution is 0.353. The molecule has 146 valence electrons. The van der Waals surface area contributed by atoms with Crippen molar-refractivity contribution in [1.82, 2.24) is 10.3 Å². The molecule has 4 heteroatoms. The van der Waals surface area contributed by atoms with Crippen molar-refractivity contribution in [2.24, 2.45) is 11.7 Å². The standard InChI is InChI=1S/C24H30N4/c25-16-18-9-11-20(12-10-18)23-15-24(21-7-1-2-8-22(21)28-23)27-14-4-6-19-5-3-13-26-17-19/h1-2,7-12,15,19,26H,3-6,13-14,16-17,25H2,(H,27,28). The monoisotopic (exact) mass is 374 g/mol. The van der Waals surface area contributed by atoms with Gasteiger partial charge >= 0.3 is 0 Å². The van der Waals surface area contributed by atoms with E-state index in [4.69, 9.17) is 10.7 Å². The fourth-order valence-corrected chi connectivity index (χ4v) is 4.07. The quantitative estimate of drug-likeness (QED) is 0.531. The number of anilines is 1. The Morgan fingerprint density at radius 1 is 1.11 bits per heavy atom. The Kier molecular flexibility index (Phi) is 6.20. The molecule has 2 heterocycles. The van der Waals surface area contributed by atoms with Gasteiger partial charge in [0.05, 0.1) is 11.2 Å². The molecule has 28 heavy (non-hydrogen) atoms. The van der Waals surface area contributed by atoms with Gasteiger partial charge in [0.15, 0.2) is 0 Å². The third-order valence-corrected chi connectivity index (χ3v) is 5.71. The fourth-order valence-electron chi connectivity index (χ4n) is 4.07. The van der Waals surface area contributed by atoms with E-state index in [0.717, 1.165) is 34.8 Å². The molecule has 0 amide bonds. The first-order valence-corrected chi connectivity index (χ1v) is 10.5. The average Bonchev–Trinajstić information content (AvgIpc) is 2.77. The number of benzene rings is 2. The van der Waals surface area contributed by atoms with Crippen molar-refractivity contribution in [3.8, 4) is 11.3 Å². The summed E-state index contributed by atoms with van der Waals surface area (Å²) in [5, 5.41) is 8.38. The molecular formula is C24H30N4. The van der Waals surface area contributed by atoms with Gasteiger partial charge in [0.25, 0.3) is 0 Å². The molecule has 4 N–H and O–H groups in total. The van der Waals surface area contributed by atoms with Crippen molar-refractivity contribution in [3.63, 3.8) is 0 Å². The van der Waals surface area contributed by atoms with Gasteiger partial charge in [-0.15, -0.1) is 0 Å². The SMILES string of the molecule is NCc1ccc(-c2cc(NCCCC3CCCNC3)c3ccccc3n2)cc1. The third-order valence-electron chi connectivity index (χ3n) is 5.71. The number of nitrogens with two attached hydrogens (primary N) is 1. The summed E-state index contributed by atoms with van der Waals surface area (Å²) in [6.45, 7) is 3.93. The number of hydrogen-bond acceptors (Lipinski definition) is 4. The second-order valence-electron chi connectivity index (χ2n) is 7.75. The predicted octanol–water partition coefficient (Wildman–Crippen LogP) is 4.55. The van der Waals surface area contributed by atoms with Crippen LogP contribution in [-0.2, 0) is 6.54 Å². The van der Waals surface area contributed by atoms with Crippen LogP contribution in [0.25, 0.3) is 22.2 Å². The second kappa shape index (κ2) is 9.18. The van der Waals surface area contributed by atoms with Crippen LogP contribution >= 0.6 is 0 Å². The maximum Gasteiger partial charge on any atom is 0.0730 e. The van der Waals surface area contributed by atoms with Crippen LogP contribution in [-0.4, -0.2) is 24.6 Å². The van der Waals surface area contributed by atoms with Crippen LogP contribution in [0, 0.1) is 5.92 Å². The molecule has 0 bridgehead atoms. The van der Waals surface area contributed by atoms with Gasteiger partial charge in [0, 0.05) is 29.7 Å². The van der Waals surface area contributed by atoms with Crippen LogP contribution in [0.5, 0.6) is 0 Å². The summed E-state index contributed by atoms with van der Waals surface area (Å²) in [4.78, 5) is 4.88. The Bertz CT molecular complexity index is 898. The molecule has 1 fully saturated rings. The minimum absolute atomic E-state index is 0.564. The Morgan fingerprint density at radius 2 is 1.96 bits per heavy atom. The topological polar surface area (TPSA) is 63.0 Å². The highest BCUT2D eigenvalue weighted by atomic mass is 14.9. The molecule has 0 spiro atoms. The van der Waals surface area contributed by atoms with Gasteiger partial charge in [0.2, 0.25) is 0 Å². The van der Waals surface area contributed by atoms with Crippen molar-refractivity contribution in [3.05, 3.63) is 60.2 Å². The zero-order chi connectivity index (χ0) is 19.2. The smallest absolute Gasteiger partial charge is 0.0730 e. The molecule has 4 rings (SSSR count). The summed E-state index contributed by atoms with van der Waals surface area (Å²) in [6.07, 6.45) is 5.17. The Labute approximate surface area is 167 Å². The minimum atomic E-state index is 0.564. The van der Waals surface area contributed by atoms with Gasteiger partial charge in [-0.3, -0.25) is 0 Å². The summed E-state index contributed by atoms with van der Waals surface area (Å²) in [6, 6.07) is 18.9. The van der Waals surface area contributed by atoms with Gasteiger partial charge in [-0.2, -0.15) is 0 Å². The van der Waals surface area contributed by atoms with Gasteiger partial charge in [-0.25, -0.2) is 4.98 Å². The first-order valence-electron chi connectivity index (χ1n) is 10.5. The van der Waals surface area contributed by atoms with Crippen molar-refractivity contribution in [2.45, 2.75) is 32.2 Å². The molecule has 0 aliphatic carbocycles.